The summed E-state index contributed by atoms with van der Waals surface area (Å²) < 4.78 is 24.3. The van der Waals surface area contributed by atoms with Crippen molar-refractivity contribution >= 4 is 10.8 Å². The molecule has 0 bridgehead atoms. The molecule has 1 N–H and O–H groups in total. The molecule has 3 rings (SSSR count). The van der Waals surface area contributed by atoms with E-state index in [0.29, 0.717) is 0 Å². The van der Waals surface area contributed by atoms with Crippen molar-refractivity contribution < 1.29 is 18.8 Å². The lowest BCUT2D eigenvalue weighted by molar-refractivity contribution is -0.0375. The summed E-state index contributed by atoms with van der Waals surface area (Å²) in [4.78, 5) is -0.107. The van der Waals surface area contributed by atoms with Gasteiger partial charge >= 0.3 is 0 Å². The quantitative estimate of drug-likeness (QED) is 0.676. The maximum atomic E-state index is 12.9. The predicted octanol–water partition coefficient (Wildman–Crippen LogP) is 1.53. The van der Waals surface area contributed by atoms with E-state index in [1.807, 2.05) is 50.3 Å². The molecule has 2 aliphatic rings. The van der Waals surface area contributed by atoms with Crippen LogP contribution in [0.15, 0.2) is 41.3 Å². The Morgan fingerprint density at radius 3 is 2.70 bits per heavy atom. The van der Waals surface area contributed by atoms with E-state index in [0.717, 1.165) is 10.5 Å². The zero-order valence-electron chi connectivity index (χ0n) is 11.5. The first-order valence-corrected chi connectivity index (χ1v) is 7.84. The van der Waals surface area contributed by atoms with Crippen LogP contribution < -0.4 is 0 Å². The van der Waals surface area contributed by atoms with Crippen LogP contribution in [0, 0.1) is 6.92 Å². The van der Waals surface area contributed by atoms with Gasteiger partial charge in [-0.15, -0.1) is 0 Å². The lowest BCUT2D eigenvalue weighted by atomic mass is 10.2. The van der Waals surface area contributed by atoms with Crippen LogP contribution in [0.4, 0.5) is 0 Å². The van der Waals surface area contributed by atoms with Gasteiger partial charge < -0.3 is 14.6 Å². The van der Waals surface area contributed by atoms with Gasteiger partial charge in [-0.2, -0.15) is 0 Å². The Morgan fingerprint density at radius 2 is 2.10 bits per heavy atom. The molecule has 1 aromatic rings. The first-order valence-electron chi connectivity index (χ1n) is 6.69. The number of aliphatic hydroxyl groups excluding tert-OH is 1. The Kier molecular flexibility index (Phi) is 3.54. The minimum absolute atomic E-state index is 0.119. The van der Waals surface area contributed by atoms with Crippen molar-refractivity contribution in [3.8, 4) is 0 Å². The van der Waals surface area contributed by atoms with Crippen molar-refractivity contribution in [2.45, 2.75) is 42.0 Å². The van der Waals surface area contributed by atoms with Crippen molar-refractivity contribution in [3.63, 3.8) is 0 Å². The highest BCUT2D eigenvalue weighted by molar-refractivity contribution is 7.86. The lowest BCUT2D eigenvalue weighted by Gasteiger charge is -2.18. The monoisotopic (exact) mass is 294 g/mol. The molecule has 4 nitrogen and oxygen atoms in total. The van der Waals surface area contributed by atoms with Crippen molar-refractivity contribution in [1.82, 2.24) is 0 Å². The molecule has 2 heterocycles. The topological polar surface area (TPSA) is 59.1 Å². The van der Waals surface area contributed by atoms with Crippen molar-refractivity contribution in [2.24, 2.45) is 0 Å². The Balaban J connectivity index is 1.92. The summed E-state index contributed by atoms with van der Waals surface area (Å²) in [7, 11) is -1.32. The Labute approximate surface area is 120 Å². The fourth-order valence-electron chi connectivity index (χ4n) is 2.68. The molecule has 2 saturated heterocycles. The number of epoxide rings is 1. The van der Waals surface area contributed by atoms with Crippen LogP contribution in [0.2, 0.25) is 0 Å². The van der Waals surface area contributed by atoms with Gasteiger partial charge in [0.15, 0.2) is 0 Å². The molecule has 20 heavy (non-hydrogen) atoms. The zero-order chi connectivity index (χ0) is 14.3. The Bertz CT molecular complexity index is 553. The van der Waals surface area contributed by atoms with Crippen LogP contribution in [-0.4, -0.2) is 39.2 Å². The molecule has 108 valence electrons. The van der Waals surface area contributed by atoms with Gasteiger partial charge in [0.2, 0.25) is 4.93 Å². The van der Waals surface area contributed by atoms with Crippen molar-refractivity contribution in [3.05, 3.63) is 42.0 Å². The summed E-state index contributed by atoms with van der Waals surface area (Å²) in [5.41, 5.74) is 1.12. The van der Waals surface area contributed by atoms with Crippen LogP contribution >= 0.6 is 0 Å². The zero-order valence-corrected chi connectivity index (χ0v) is 12.3. The van der Waals surface area contributed by atoms with Crippen molar-refractivity contribution in [2.75, 3.05) is 6.61 Å². The minimum atomic E-state index is -1.32. The third-order valence-electron chi connectivity index (χ3n) is 3.78. The van der Waals surface area contributed by atoms with Gasteiger partial charge in [-0.1, -0.05) is 29.8 Å². The summed E-state index contributed by atoms with van der Waals surface area (Å²) in [6.07, 6.45) is 2.64. The van der Waals surface area contributed by atoms with Crippen LogP contribution in [0.1, 0.15) is 12.5 Å². The number of ether oxygens (including phenoxy) is 2. The smallest absolute Gasteiger partial charge is 0.205 e. The summed E-state index contributed by atoms with van der Waals surface area (Å²) in [5.74, 6) is 0. The number of rotatable bonds is 4. The molecule has 5 heteroatoms. The maximum Gasteiger partial charge on any atom is 0.205 e. The molecule has 2 fully saturated rings. The largest absolute Gasteiger partial charge is 0.394 e. The predicted molar refractivity (Wildman–Crippen MR) is 75.8 cm³/mol. The van der Waals surface area contributed by atoms with E-state index < -0.39 is 21.8 Å². The normalized spacial score (nSPS) is 37.0. The van der Waals surface area contributed by atoms with Gasteiger partial charge in [0.25, 0.3) is 0 Å². The van der Waals surface area contributed by atoms with E-state index in [1.165, 1.54) is 0 Å². The van der Waals surface area contributed by atoms with E-state index in [9.17, 15) is 9.32 Å². The summed E-state index contributed by atoms with van der Waals surface area (Å²) in [5, 5.41) is 9.32. The number of aliphatic hydroxyl groups is 1. The first kappa shape index (κ1) is 13.9. The Morgan fingerprint density at radius 1 is 1.40 bits per heavy atom. The number of benzene rings is 1. The number of aryl methyl sites for hydroxylation is 1. The van der Waals surface area contributed by atoms with Crippen LogP contribution in [0.5, 0.6) is 0 Å². The summed E-state index contributed by atoms with van der Waals surface area (Å²) >= 11 is 0. The summed E-state index contributed by atoms with van der Waals surface area (Å²) in [6, 6.07) is 7.59. The maximum absolute atomic E-state index is 12.9. The number of fused-ring (bicyclic) bond motifs is 1. The van der Waals surface area contributed by atoms with Gasteiger partial charge in [0, 0.05) is 4.90 Å². The molecule has 2 aliphatic heterocycles. The molecule has 0 spiro atoms. The van der Waals surface area contributed by atoms with E-state index in [-0.39, 0.29) is 18.8 Å². The average molecular weight is 294 g/mol. The molecule has 0 aromatic heterocycles. The standard InChI is InChI=1S/C15H18O4S/c1-3-4-13-15(14(19-15)12(9-16)18-13)20(17)11-7-5-10(2)6-8-11/h3-8,12-14,16H,9H2,1-2H3/b4-3-/t12?,13-,14?,15?,20?/m0/s1. The highest BCUT2D eigenvalue weighted by atomic mass is 32.2. The first-order chi connectivity index (χ1) is 9.63. The summed E-state index contributed by atoms with van der Waals surface area (Å²) in [6.45, 7) is 3.76. The SMILES string of the molecule is C/C=C\[C@@H]1OC(CO)C2OC21S(=O)c1ccc(C)cc1. The second-order valence-electron chi connectivity index (χ2n) is 5.15. The molecular formula is C15H18O4S. The lowest BCUT2D eigenvalue weighted by Crippen LogP contribution is -2.31. The number of allylic oxidation sites excluding steroid dienone is 1. The molecule has 0 amide bonds. The van der Waals surface area contributed by atoms with Crippen LogP contribution in [-0.2, 0) is 20.3 Å². The van der Waals surface area contributed by atoms with Gasteiger partial charge in [-0.05, 0) is 26.0 Å². The van der Waals surface area contributed by atoms with Gasteiger partial charge in [0.1, 0.15) is 18.3 Å². The van der Waals surface area contributed by atoms with Crippen LogP contribution in [0.25, 0.3) is 0 Å². The van der Waals surface area contributed by atoms with Crippen LogP contribution in [0.3, 0.4) is 0 Å². The second kappa shape index (κ2) is 5.07. The number of hydrogen-bond acceptors (Lipinski definition) is 4. The van der Waals surface area contributed by atoms with Gasteiger partial charge in [0.05, 0.1) is 17.4 Å². The highest BCUT2D eigenvalue weighted by Crippen LogP contribution is 2.54. The van der Waals surface area contributed by atoms with E-state index in [2.05, 4.69) is 0 Å². The molecule has 0 saturated carbocycles. The van der Waals surface area contributed by atoms with E-state index in [1.54, 1.807) is 0 Å². The molecule has 1 aromatic carbocycles. The molecular weight excluding hydrogens is 276 g/mol. The molecule has 0 radical (unpaired) electrons. The van der Waals surface area contributed by atoms with Gasteiger partial charge in [-0.25, -0.2) is 0 Å². The van der Waals surface area contributed by atoms with Gasteiger partial charge in [-0.3, -0.25) is 4.21 Å². The van der Waals surface area contributed by atoms with Crippen molar-refractivity contribution in [1.29, 1.82) is 0 Å². The third kappa shape index (κ3) is 1.97. The Hall–Kier alpha value is -1.01. The average Bonchev–Trinajstić information content (AvgIpc) is 3.13. The minimum Gasteiger partial charge on any atom is -0.394 e. The molecule has 4 unspecified atom stereocenters. The fourth-order valence-corrected chi connectivity index (χ4v) is 4.33. The fraction of sp³-hybridized carbons (Fsp3) is 0.467. The molecule has 0 aliphatic carbocycles. The van der Waals surface area contributed by atoms with E-state index >= 15 is 0 Å². The molecule has 5 atom stereocenters. The number of hydrogen-bond donors (Lipinski definition) is 1. The highest BCUT2D eigenvalue weighted by Gasteiger charge is 2.74. The van der Waals surface area contributed by atoms with E-state index in [4.69, 9.17) is 9.47 Å². The second-order valence-corrected chi connectivity index (χ2v) is 6.79. The third-order valence-corrected chi connectivity index (χ3v) is 5.62.